The summed E-state index contributed by atoms with van der Waals surface area (Å²) in [7, 11) is 3.34. The molecule has 1 unspecified atom stereocenters. The molecule has 0 bridgehead atoms. The predicted molar refractivity (Wildman–Crippen MR) is 37.0 cm³/mol. The second-order valence-corrected chi connectivity index (χ2v) is 2.52. The van der Waals surface area contributed by atoms with Crippen molar-refractivity contribution in [3.05, 3.63) is 7.11 Å². The summed E-state index contributed by atoms with van der Waals surface area (Å²) in [6.07, 6.45) is 3.89. The average Bonchev–Trinajstić information content (AvgIpc) is 1.91. The average molecular weight is 128 g/mol. The first-order valence-corrected chi connectivity index (χ1v) is 3.54. The molecule has 2 heteroatoms. The van der Waals surface area contributed by atoms with Crippen molar-refractivity contribution in [2.45, 2.75) is 25.3 Å². The van der Waals surface area contributed by atoms with Crippen LogP contribution in [0, 0.1) is 7.11 Å². The lowest BCUT2D eigenvalue weighted by Gasteiger charge is -2.22. The van der Waals surface area contributed by atoms with Gasteiger partial charge in [0.2, 0.25) is 0 Å². The van der Waals surface area contributed by atoms with E-state index in [0.29, 0.717) is 6.04 Å². The first-order valence-electron chi connectivity index (χ1n) is 3.54. The Balaban J connectivity index is 2.08. The molecular weight excluding hydrogens is 114 g/mol. The van der Waals surface area contributed by atoms with Crippen LogP contribution in [0.2, 0.25) is 0 Å². The van der Waals surface area contributed by atoms with Crippen molar-refractivity contribution < 1.29 is 4.74 Å². The number of rotatable bonds is 2. The highest BCUT2D eigenvalue weighted by Gasteiger charge is 2.10. The van der Waals surface area contributed by atoms with E-state index >= 15 is 0 Å². The van der Waals surface area contributed by atoms with E-state index in [1.165, 1.54) is 19.3 Å². The number of piperidine rings is 1. The number of hydrogen-bond acceptors (Lipinski definition) is 2. The Morgan fingerprint density at radius 1 is 1.56 bits per heavy atom. The lowest BCUT2D eigenvalue weighted by atomic mass is 10.1. The number of nitrogens with one attached hydrogen (secondary N) is 1. The van der Waals surface area contributed by atoms with Crippen LogP contribution in [0.4, 0.5) is 0 Å². The zero-order valence-corrected chi connectivity index (χ0v) is 5.73. The number of ether oxygens (including phenoxy) is 1. The zero-order chi connectivity index (χ0) is 6.53. The molecule has 0 spiro atoms. The molecular formula is C7H14NO. The second-order valence-electron chi connectivity index (χ2n) is 2.52. The fourth-order valence-corrected chi connectivity index (χ4v) is 1.21. The first kappa shape index (κ1) is 7.03. The molecule has 1 radical (unpaired) electrons. The monoisotopic (exact) mass is 128 g/mol. The van der Waals surface area contributed by atoms with Crippen molar-refractivity contribution in [1.29, 1.82) is 0 Å². The van der Waals surface area contributed by atoms with Gasteiger partial charge in [-0.15, -0.1) is 0 Å². The van der Waals surface area contributed by atoms with Crippen molar-refractivity contribution in [3.63, 3.8) is 0 Å². The van der Waals surface area contributed by atoms with Gasteiger partial charge in [0.05, 0.1) is 13.7 Å². The van der Waals surface area contributed by atoms with Gasteiger partial charge in [0.25, 0.3) is 0 Å². The molecule has 0 saturated carbocycles. The van der Waals surface area contributed by atoms with Gasteiger partial charge in [-0.25, -0.2) is 0 Å². The minimum absolute atomic E-state index is 0.566. The van der Waals surface area contributed by atoms with Gasteiger partial charge in [0.15, 0.2) is 0 Å². The van der Waals surface area contributed by atoms with E-state index in [1.54, 1.807) is 0 Å². The predicted octanol–water partition coefficient (Wildman–Crippen LogP) is 0.937. The zero-order valence-electron chi connectivity index (χ0n) is 5.73. The maximum atomic E-state index is 4.77. The third-order valence-corrected chi connectivity index (χ3v) is 1.73. The third-order valence-electron chi connectivity index (χ3n) is 1.73. The smallest absolute Gasteiger partial charge is 0.0701 e. The molecule has 0 aromatic carbocycles. The van der Waals surface area contributed by atoms with Crippen LogP contribution in [-0.4, -0.2) is 19.2 Å². The molecule has 53 valence electrons. The van der Waals surface area contributed by atoms with Crippen LogP contribution < -0.4 is 5.32 Å². The van der Waals surface area contributed by atoms with E-state index in [-0.39, 0.29) is 0 Å². The summed E-state index contributed by atoms with van der Waals surface area (Å²) in [5.74, 6) is 0. The van der Waals surface area contributed by atoms with Gasteiger partial charge in [0.1, 0.15) is 0 Å². The van der Waals surface area contributed by atoms with Crippen molar-refractivity contribution >= 4 is 0 Å². The lowest BCUT2D eigenvalue weighted by Crippen LogP contribution is -2.36. The fraction of sp³-hybridized carbons (Fsp3) is 0.857. The Hall–Kier alpha value is -0.0800. The van der Waals surface area contributed by atoms with Crippen molar-refractivity contribution in [1.82, 2.24) is 5.32 Å². The SMILES string of the molecule is [CH2]OCC1CCCCN1. The minimum atomic E-state index is 0.566. The maximum absolute atomic E-state index is 4.77. The van der Waals surface area contributed by atoms with Crippen LogP contribution >= 0.6 is 0 Å². The summed E-state index contributed by atoms with van der Waals surface area (Å²) >= 11 is 0. The van der Waals surface area contributed by atoms with Crippen molar-refractivity contribution in [2.24, 2.45) is 0 Å². The van der Waals surface area contributed by atoms with Gasteiger partial charge in [0, 0.05) is 6.04 Å². The lowest BCUT2D eigenvalue weighted by molar-refractivity contribution is 0.186. The van der Waals surface area contributed by atoms with Crippen LogP contribution in [0.15, 0.2) is 0 Å². The van der Waals surface area contributed by atoms with E-state index in [4.69, 9.17) is 4.74 Å². The molecule has 1 saturated heterocycles. The molecule has 1 fully saturated rings. The van der Waals surface area contributed by atoms with Crippen LogP contribution in [0.3, 0.4) is 0 Å². The van der Waals surface area contributed by atoms with Gasteiger partial charge < -0.3 is 10.1 Å². The highest BCUT2D eigenvalue weighted by atomic mass is 16.5. The summed E-state index contributed by atoms with van der Waals surface area (Å²) < 4.78 is 4.77. The normalized spacial score (nSPS) is 28.3. The second kappa shape index (κ2) is 3.85. The van der Waals surface area contributed by atoms with Crippen LogP contribution in [0.1, 0.15) is 19.3 Å². The fourth-order valence-electron chi connectivity index (χ4n) is 1.21. The Bertz CT molecular complexity index is 66.6. The quantitative estimate of drug-likeness (QED) is 0.597. The molecule has 0 aliphatic carbocycles. The van der Waals surface area contributed by atoms with E-state index < -0.39 is 0 Å². The standard InChI is InChI=1S/C7H14NO/c1-9-6-7-4-2-3-5-8-7/h7-8H,1-6H2. The largest absolute Gasteiger partial charge is 0.377 e. The topological polar surface area (TPSA) is 21.3 Å². The van der Waals surface area contributed by atoms with E-state index in [1.807, 2.05) is 0 Å². The Morgan fingerprint density at radius 2 is 2.44 bits per heavy atom. The van der Waals surface area contributed by atoms with Crippen molar-refractivity contribution in [2.75, 3.05) is 13.2 Å². The molecule has 0 amide bonds. The van der Waals surface area contributed by atoms with E-state index in [2.05, 4.69) is 12.4 Å². The summed E-state index contributed by atoms with van der Waals surface area (Å²) in [5.41, 5.74) is 0. The van der Waals surface area contributed by atoms with Gasteiger partial charge in [-0.2, -0.15) is 0 Å². The Morgan fingerprint density at radius 3 is 3.00 bits per heavy atom. The van der Waals surface area contributed by atoms with Gasteiger partial charge >= 0.3 is 0 Å². The highest BCUT2D eigenvalue weighted by molar-refractivity contribution is 4.70. The molecule has 1 aliphatic heterocycles. The van der Waals surface area contributed by atoms with E-state index in [9.17, 15) is 0 Å². The molecule has 9 heavy (non-hydrogen) atoms. The summed E-state index contributed by atoms with van der Waals surface area (Å²) in [6, 6.07) is 0.566. The minimum Gasteiger partial charge on any atom is -0.377 e. The molecule has 1 aliphatic rings. The van der Waals surface area contributed by atoms with E-state index in [0.717, 1.165) is 13.2 Å². The maximum Gasteiger partial charge on any atom is 0.0701 e. The Kier molecular flexibility index (Phi) is 3.01. The molecule has 1 heterocycles. The molecule has 1 atom stereocenters. The van der Waals surface area contributed by atoms with Crippen LogP contribution in [-0.2, 0) is 4.74 Å². The molecule has 0 aromatic rings. The van der Waals surface area contributed by atoms with Crippen LogP contribution in [0.25, 0.3) is 0 Å². The molecule has 2 nitrogen and oxygen atoms in total. The highest BCUT2D eigenvalue weighted by Crippen LogP contribution is 2.06. The summed E-state index contributed by atoms with van der Waals surface area (Å²) in [5, 5.41) is 3.36. The van der Waals surface area contributed by atoms with Gasteiger partial charge in [-0.3, -0.25) is 0 Å². The van der Waals surface area contributed by atoms with Crippen molar-refractivity contribution in [3.8, 4) is 0 Å². The Labute approximate surface area is 56.6 Å². The summed E-state index contributed by atoms with van der Waals surface area (Å²) in [4.78, 5) is 0. The van der Waals surface area contributed by atoms with Crippen LogP contribution in [0.5, 0.6) is 0 Å². The molecule has 1 N–H and O–H groups in total. The molecule has 1 rings (SSSR count). The third kappa shape index (κ3) is 2.33. The first-order chi connectivity index (χ1) is 4.43. The molecule has 0 aromatic heterocycles. The summed E-state index contributed by atoms with van der Waals surface area (Å²) in [6.45, 7) is 1.91. The van der Waals surface area contributed by atoms with Gasteiger partial charge in [-0.05, 0) is 19.4 Å². The number of hydrogen-bond donors (Lipinski definition) is 1. The van der Waals surface area contributed by atoms with Gasteiger partial charge in [-0.1, -0.05) is 6.42 Å².